The molecule has 0 N–H and O–H groups in total. The van der Waals surface area contributed by atoms with Gasteiger partial charge in [-0.05, 0) is 0 Å². The first-order valence-corrected chi connectivity index (χ1v) is 6.92. The molecule has 16 heavy (non-hydrogen) atoms. The van der Waals surface area contributed by atoms with Crippen LogP contribution in [0.5, 0.6) is 0 Å². The molecule has 0 aromatic heterocycles. The summed E-state index contributed by atoms with van der Waals surface area (Å²) in [5.74, 6) is -0.00673. The summed E-state index contributed by atoms with van der Waals surface area (Å²) in [6.07, 6.45) is -2.70. The van der Waals surface area contributed by atoms with Crippen LogP contribution in [0.1, 0.15) is 13.8 Å². The van der Waals surface area contributed by atoms with Gasteiger partial charge in [-0.3, -0.25) is 0 Å². The number of halogens is 3. The first-order valence-electron chi connectivity index (χ1n) is 4.99. The fraction of sp³-hybridized carbons (Fsp3) is 1.00. The lowest BCUT2D eigenvalue weighted by atomic mass is 10.6. The third kappa shape index (κ3) is 4.48. The monoisotopic (exact) mass is 278 g/mol. The van der Waals surface area contributed by atoms with Crippen molar-refractivity contribution in [3.8, 4) is 0 Å². The molecule has 0 aromatic rings. The van der Waals surface area contributed by atoms with Crippen molar-refractivity contribution >= 4 is 21.8 Å². The fourth-order valence-corrected chi connectivity index (χ4v) is 3.17. The van der Waals surface area contributed by atoms with E-state index in [-0.39, 0.29) is 25.5 Å². The summed E-state index contributed by atoms with van der Waals surface area (Å²) in [7, 11) is -3.82. The molecule has 0 atom stereocenters. The van der Waals surface area contributed by atoms with Crippen LogP contribution in [-0.2, 0) is 10.2 Å². The van der Waals surface area contributed by atoms with Crippen molar-refractivity contribution in [1.29, 1.82) is 0 Å². The van der Waals surface area contributed by atoms with E-state index < -0.39 is 23.2 Å². The number of hydrogen-bond acceptors (Lipinski definition) is 2. The molecular formula is C8H17ClF2N2O2S. The van der Waals surface area contributed by atoms with Gasteiger partial charge in [-0.1, -0.05) is 13.8 Å². The van der Waals surface area contributed by atoms with Crippen molar-refractivity contribution in [2.45, 2.75) is 20.3 Å². The average Bonchev–Trinajstić information content (AvgIpc) is 2.18. The zero-order valence-corrected chi connectivity index (χ0v) is 10.9. The molecule has 0 aromatic carbocycles. The van der Waals surface area contributed by atoms with Crippen LogP contribution in [-0.4, -0.2) is 55.5 Å². The maximum absolute atomic E-state index is 12.2. The predicted octanol–water partition coefficient (Wildman–Crippen LogP) is 1.38. The second kappa shape index (κ2) is 7.37. The zero-order valence-electron chi connectivity index (χ0n) is 9.37. The molecule has 8 heteroatoms. The largest absolute Gasteiger partial charge is 0.282 e. The van der Waals surface area contributed by atoms with E-state index in [1.54, 1.807) is 13.8 Å². The standard InChI is InChI=1S/C8H17ClF2N2O2S/c1-3-12(4-2)16(14,15)13(6-5-9)7-8(10)11/h8H,3-7H2,1-2H3. The molecule has 0 bridgehead atoms. The first-order chi connectivity index (χ1) is 7.39. The van der Waals surface area contributed by atoms with Gasteiger partial charge in [0.1, 0.15) is 0 Å². The highest BCUT2D eigenvalue weighted by Crippen LogP contribution is 2.10. The van der Waals surface area contributed by atoms with Gasteiger partial charge in [0.2, 0.25) is 0 Å². The van der Waals surface area contributed by atoms with Gasteiger partial charge in [-0.2, -0.15) is 17.0 Å². The number of alkyl halides is 3. The van der Waals surface area contributed by atoms with Crippen molar-refractivity contribution < 1.29 is 17.2 Å². The maximum Gasteiger partial charge on any atom is 0.282 e. The maximum atomic E-state index is 12.2. The summed E-state index contributed by atoms with van der Waals surface area (Å²) in [5.41, 5.74) is 0. The highest BCUT2D eigenvalue weighted by atomic mass is 35.5. The third-order valence-corrected chi connectivity index (χ3v) is 4.36. The van der Waals surface area contributed by atoms with Crippen molar-refractivity contribution in [2.24, 2.45) is 0 Å². The van der Waals surface area contributed by atoms with E-state index in [2.05, 4.69) is 0 Å². The van der Waals surface area contributed by atoms with Crippen molar-refractivity contribution in [1.82, 2.24) is 8.61 Å². The van der Waals surface area contributed by atoms with E-state index in [9.17, 15) is 17.2 Å². The average molecular weight is 279 g/mol. The van der Waals surface area contributed by atoms with Crippen LogP contribution >= 0.6 is 11.6 Å². The molecule has 0 unspecified atom stereocenters. The molecule has 0 saturated heterocycles. The molecule has 0 fully saturated rings. The lowest BCUT2D eigenvalue weighted by Crippen LogP contribution is -2.46. The molecule has 0 aliphatic heterocycles. The molecule has 98 valence electrons. The van der Waals surface area contributed by atoms with E-state index in [1.807, 2.05) is 0 Å². The van der Waals surface area contributed by atoms with Gasteiger partial charge >= 0.3 is 0 Å². The Morgan fingerprint density at radius 1 is 1.19 bits per heavy atom. The molecule has 0 rings (SSSR count). The predicted molar refractivity (Wildman–Crippen MR) is 60.1 cm³/mol. The number of hydrogen-bond donors (Lipinski definition) is 0. The van der Waals surface area contributed by atoms with Crippen LogP contribution in [0.25, 0.3) is 0 Å². The van der Waals surface area contributed by atoms with Gasteiger partial charge in [0.15, 0.2) is 0 Å². The van der Waals surface area contributed by atoms with E-state index in [0.29, 0.717) is 0 Å². The van der Waals surface area contributed by atoms with E-state index in [4.69, 9.17) is 11.6 Å². The Balaban J connectivity index is 4.87. The normalized spacial score (nSPS) is 13.0. The lowest BCUT2D eigenvalue weighted by Gasteiger charge is -2.27. The summed E-state index contributed by atoms with van der Waals surface area (Å²) in [4.78, 5) is 0. The Bertz CT molecular complexity index is 284. The second-order valence-electron chi connectivity index (χ2n) is 3.03. The van der Waals surface area contributed by atoms with Gasteiger partial charge in [0.05, 0.1) is 6.54 Å². The molecule has 0 spiro atoms. The molecule has 0 aliphatic rings. The molecule has 0 saturated carbocycles. The molecule has 0 heterocycles. The van der Waals surface area contributed by atoms with Crippen LogP contribution in [0, 0.1) is 0 Å². The minimum Gasteiger partial charge on any atom is -0.209 e. The summed E-state index contributed by atoms with van der Waals surface area (Å²) in [6.45, 7) is 2.89. The van der Waals surface area contributed by atoms with E-state index in [0.717, 1.165) is 8.61 Å². The first kappa shape index (κ1) is 16.0. The molecule has 0 aliphatic carbocycles. The number of nitrogens with zero attached hydrogens (tertiary/aromatic N) is 2. The van der Waals surface area contributed by atoms with Crippen molar-refractivity contribution in [3.63, 3.8) is 0 Å². The molecular weight excluding hydrogens is 262 g/mol. The SMILES string of the molecule is CCN(CC)S(=O)(=O)N(CCCl)CC(F)F. The Kier molecular flexibility index (Phi) is 7.38. The Morgan fingerprint density at radius 3 is 2.00 bits per heavy atom. The van der Waals surface area contributed by atoms with Crippen molar-refractivity contribution in [3.05, 3.63) is 0 Å². The van der Waals surface area contributed by atoms with Crippen LogP contribution in [0.3, 0.4) is 0 Å². The minimum absolute atomic E-state index is 0.00673. The quantitative estimate of drug-likeness (QED) is 0.630. The Labute approximate surface area is 100 Å². The van der Waals surface area contributed by atoms with Crippen LogP contribution < -0.4 is 0 Å². The van der Waals surface area contributed by atoms with Gasteiger partial charge in [0, 0.05) is 25.5 Å². The van der Waals surface area contributed by atoms with Crippen LogP contribution in [0.4, 0.5) is 8.78 Å². The van der Waals surface area contributed by atoms with Crippen LogP contribution in [0.15, 0.2) is 0 Å². The molecule has 0 amide bonds. The van der Waals surface area contributed by atoms with Crippen molar-refractivity contribution in [2.75, 3.05) is 32.1 Å². The second-order valence-corrected chi connectivity index (χ2v) is 5.34. The summed E-state index contributed by atoms with van der Waals surface area (Å²) in [6, 6.07) is 0. The topological polar surface area (TPSA) is 40.6 Å². The van der Waals surface area contributed by atoms with Gasteiger partial charge < -0.3 is 0 Å². The van der Waals surface area contributed by atoms with Crippen LogP contribution in [0.2, 0.25) is 0 Å². The van der Waals surface area contributed by atoms with Gasteiger partial charge in [-0.25, -0.2) is 8.78 Å². The van der Waals surface area contributed by atoms with Gasteiger partial charge in [0.25, 0.3) is 16.6 Å². The van der Waals surface area contributed by atoms with Gasteiger partial charge in [-0.15, -0.1) is 11.6 Å². The fourth-order valence-electron chi connectivity index (χ4n) is 1.26. The summed E-state index contributed by atoms with van der Waals surface area (Å²) < 4.78 is 50.1. The lowest BCUT2D eigenvalue weighted by molar-refractivity contribution is 0.119. The smallest absolute Gasteiger partial charge is 0.209 e. The third-order valence-electron chi connectivity index (χ3n) is 2.03. The number of rotatable bonds is 8. The minimum atomic E-state index is -3.82. The zero-order chi connectivity index (χ0) is 12.8. The summed E-state index contributed by atoms with van der Waals surface area (Å²) in [5, 5.41) is 0. The van der Waals surface area contributed by atoms with E-state index >= 15 is 0 Å². The Hall–Kier alpha value is 0.0200. The molecule has 0 radical (unpaired) electrons. The molecule has 4 nitrogen and oxygen atoms in total. The van der Waals surface area contributed by atoms with E-state index in [1.165, 1.54) is 0 Å². The Morgan fingerprint density at radius 2 is 1.69 bits per heavy atom. The summed E-state index contributed by atoms with van der Waals surface area (Å²) >= 11 is 5.41. The highest BCUT2D eigenvalue weighted by Gasteiger charge is 2.29. The highest BCUT2D eigenvalue weighted by molar-refractivity contribution is 7.86.